The molecule has 1 aliphatic rings. The number of nitrogens with one attached hydrogen (secondary N) is 1. The van der Waals surface area contributed by atoms with Gasteiger partial charge in [0.15, 0.2) is 0 Å². The minimum absolute atomic E-state index is 0.101. The molecule has 0 saturated heterocycles. The molecule has 3 rings (SSSR count). The van der Waals surface area contributed by atoms with Crippen LogP contribution in [-0.2, 0) is 14.3 Å². The summed E-state index contributed by atoms with van der Waals surface area (Å²) in [6.45, 7) is 1.68. The van der Waals surface area contributed by atoms with E-state index >= 15 is 0 Å². The summed E-state index contributed by atoms with van der Waals surface area (Å²) in [4.78, 5) is 49.9. The van der Waals surface area contributed by atoms with Crippen LogP contribution < -0.4 is 5.32 Å². The number of rotatable bonds is 6. The van der Waals surface area contributed by atoms with Crippen molar-refractivity contribution in [3.63, 3.8) is 0 Å². The predicted octanol–water partition coefficient (Wildman–Crippen LogP) is 2.43. The van der Waals surface area contributed by atoms with Gasteiger partial charge in [0.1, 0.15) is 6.54 Å². The van der Waals surface area contributed by atoms with E-state index in [0.717, 1.165) is 10.3 Å². The Hall–Kier alpha value is -2.75. The van der Waals surface area contributed by atoms with Crippen molar-refractivity contribution in [3.8, 4) is 0 Å². The lowest BCUT2D eigenvalue weighted by Gasteiger charge is -2.13. The fraction of sp³-hybridized carbons (Fsp3) is 0.200. The molecule has 0 atom stereocenters. The molecule has 8 heteroatoms. The molecule has 0 unspecified atom stereocenters. The molecule has 28 heavy (non-hydrogen) atoms. The highest BCUT2D eigenvalue weighted by molar-refractivity contribution is 14.1. The minimum Gasteiger partial charge on any atom is -0.463 e. The molecule has 1 heterocycles. The number of esters is 1. The van der Waals surface area contributed by atoms with Gasteiger partial charge in [-0.15, -0.1) is 0 Å². The number of fused-ring (bicyclic) bond motifs is 3. The number of amides is 3. The highest BCUT2D eigenvalue weighted by Gasteiger charge is 2.37. The minimum atomic E-state index is -0.495. The van der Waals surface area contributed by atoms with Crippen LogP contribution in [0.2, 0.25) is 0 Å². The van der Waals surface area contributed by atoms with E-state index in [4.69, 9.17) is 4.74 Å². The van der Waals surface area contributed by atoms with E-state index in [-0.39, 0.29) is 19.7 Å². The van der Waals surface area contributed by atoms with Gasteiger partial charge < -0.3 is 10.1 Å². The number of nitrogens with zero attached hydrogens (tertiary/aromatic N) is 1. The first kappa shape index (κ1) is 20.0. The van der Waals surface area contributed by atoms with Gasteiger partial charge in [0.25, 0.3) is 11.8 Å². The van der Waals surface area contributed by atoms with Gasteiger partial charge in [0.2, 0.25) is 5.91 Å². The molecule has 144 valence electrons. The molecule has 0 aliphatic carbocycles. The fourth-order valence-corrected chi connectivity index (χ4v) is 3.39. The normalized spacial score (nSPS) is 13.6. The molecule has 0 fully saturated rings. The zero-order chi connectivity index (χ0) is 20.3. The van der Waals surface area contributed by atoms with Crippen LogP contribution >= 0.6 is 22.6 Å². The van der Waals surface area contributed by atoms with Gasteiger partial charge in [0, 0.05) is 16.2 Å². The Balaban J connectivity index is 1.69. The van der Waals surface area contributed by atoms with Crippen LogP contribution in [0.25, 0.3) is 10.8 Å². The summed E-state index contributed by atoms with van der Waals surface area (Å²) >= 11 is 1.91. The maximum Gasteiger partial charge on any atom is 0.331 e. The van der Waals surface area contributed by atoms with Crippen LogP contribution in [0.5, 0.6) is 0 Å². The lowest BCUT2D eigenvalue weighted by Crippen LogP contribution is -2.40. The number of imide groups is 1. The van der Waals surface area contributed by atoms with E-state index in [0.29, 0.717) is 20.1 Å². The first-order valence-corrected chi connectivity index (χ1v) is 9.67. The molecule has 2 aromatic carbocycles. The Morgan fingerprint density at radius 3 is 2.64 bits per heavy atom. The van der Waals surface area contributed by atoms with Crippen molar-refractivity contribution in [1.82, 2.24) is 10.2 Å². The van der Waals surface area contributed by atoms with Crippen molar-refractivity contribution in [1.29, 1.82) is 0 Å². The van der Waals surface area contributed by atoms with Gasteiger partial charge in [-0.1, -0.05) is 30.3 Å². The van der Waals surface area contributed by atoms with Crippen LogP contribution in [0.3, 0.4) is 0 Å². The molecule has 7 nitrogen and oxygen atoms in total. The third-order valence-electron chi connectivity index (χ3n) is 4.18. The van der Waals surface area contributed by atoms with E-state index in [1.807, 2.05) is 34.7 Å². The standard InChI is InChI=1S/C20H17IN2O5/c1-2-28-17(25)9-13(21)10-22-16(24)11-23-19(26)15-8-7-12-5-3-4-6-14(12)18(15)20(23)27/h3-9H,2,10-11H2,1H3,(H,22,24)/b13-9-. The molecule has 1 N–H and O–H groups in total. The average molecular weight is 492 g/mol. The second kappa shape index (κ2) is 8.51. The van der Waals surface area contributed by atoms with Crippen molar-refractivity contribution < 1.29 is 23.9 Å². The Kier molecular flexibility index (Phi) is 6.08. The summed E-state index contributed by atoms with van der Waals surface area (Å²) in [7, 11) is 0. The number of benzene rings is 2. The topological polar surface area (TPSA) is 92.8 Å². The van der Waals surface area contributed by atoms with Crippen LogP contribution in [0, 0.1) is 0 Å². The number of hydrogen-bond acceptors (Lipinski definition) is 5. The summed E-state index contributed by atoms with van der Waals surface area (Å²) in [5, 5.41) is 4.14. The van der Waals surface area contributed by atoms with Crippen molar-refractivity contribution >= 4 is 57.1 Å². The van der Waals surface area contributed by atoms with Crippen molar-refractivity contribution in [2.45, 2.75) is 6.92 Å². The van der Waals surface area contributed by atoms with Gasteiger partial charge >= 0.3 is 5.97 Å². The van der Waals surface area contributed by atoms with Gasteiger partial charge in [0.05, 0.1) is 17.7 Å². The molecule has 1 aliphatic heterocycles. The van der Waals surface area contributed by atoms with Gasteiger partial charge in [-0.3, -0.25) is 19.3 Å². The molecule has 0 radical (unpaired) electrons. The highest BCUT2D eigenvalue weighted by atomic mass is 127. The van der Waals surface area contributed by atoms with Crippen molar-refractivity contribution in [3.05, 3.63) is 57.2 Å². The molecule has 0 spiro atoms. The fourth-order valence-electron chi connectivity index (χ4n) is 2.94. The maximum absolute atomic E-state index is 12.8. The third kappa shape index (κ3) is 4.06. The zero-order valence-electron chi connectivity index (χ0n) is 15.0. The first-order chi connectivity index (χ1) is 13.4. The SMILES string of the molecule is CCOC(=O)/C=C(\I)CNC(=O)CN1C(=O)c2ccc3ccccc3c2C1=O. The third-order valence-corrected chi connectivity index (χ3v) is 4.87. The largest absolute Gasteiger partial charge is 0.463 e. The summed E-state index contributed by atoms with van der Waals surface area (Å²) < 4.78 is 5.36. The van der Waals surface area contributed by atoms with Crippen LogP contribution in [0.1, 0.15) is 27.6 Å². The molecule has 0 saturated carbocycles. The summed E-state index contributed by atoms with van der Waals surface area (Å²) in [6.07, 6.45) is 1.28. The summed E-state index contributed by atoms with van der Waals surface area (Å²) in [6, 6.07) is 10.7. The number of carbonyl (C=O) groups excluding carboxylic acids is 4. The molecule has 0 aromatic heterocycles. The number of ether oxygens (including phenoxy) is 1. The molecule has 3 amide bonds. The zero-order valence-corrected chi connectivity index (χ0v) is 17.2. The Bertz CT molecular complexity index is 1010. The quantitative estimate of drug-likeness (QED) is 0.290. The average Bonchev–Trinajstić information content (AvgIpc) is 2.91. The Morgan fingerprint density at radius 2 is 1.89 bits per heavy atom. The summed E-state index contributed by atoms with van der Waals surface area (Å²) in [5.74, 6) is -1.96. The van der Waals surface area contributed by atoms with E-state index in [1.54, 1.807) is 31.2 Å². The lowest BCUT2D eigenvalue weighted by molar-refractivity contribution is -0.137. The van der Waals surface area contributed by atoms with E-state index in [1.165, 1.54) is 6.08 Å². The Labute approximate surface area is 174 Å². The van der Waals surface area contributed by atoms with Crippen molar-refractivity contribution in [2.24, 2.45) is 0 Å². The smallest absolute Gasteiger partial charge is 0.331 e. The van der Waals surface area contributed by atoms with Crippen LogP contribution in [-0.4, -0.2) is 48.3 Å². The summed E-state index contributed by atoms with van der Waals surface area (Å²) in [5.41, 5.74) is 0.626. The monoisotopic (exact) mass is 492 g/mol. The lowest BCUT2D eigenvalue weighted by atomic mass is 10.0. The highest BCUT2D eigenvalue weighted by Crippen LogP contribution is 2.30. The van der Waals surface area contributed by atoms with Gasteiger partial charge in [-0.2, -0.15) is 0 Å². The van der Waals surface area contributed by atoms with E-state index < -0.39 is 23.7 Å². The first-order valence-electron chi connectivity index (χ1n) is 8.59. The number of halogens is 1. The Morgan fingerprint density at radius 1 is 1.14 bits per heavy atom. The number of hydrogen-bond donors (Lipinski definition) is 1. The van der Waals surface area contributed by atoms with E-state index in [2.05, 4.69) is 5.32 Å². The van der Waals surface area contributed by atoms with E-state index in [9.17, 15) is 19.2 Å². The van der Waals surface area contributed by atoms with Gasteiger partial charge in [-0.05, 0) is 46.4 Å². The van der Waals surface area contributed by atoms with Gasteiger partial charge in [-0.25, -0.2) is 4.79 Å². The van der Waals surface area contributed by atoms with Crippen LogP contribution in [0.4, 0.5) is 0 Å². The number of carbonyl (C=O) groups is 4. The maximum atomic E-state index is 12.8. The van der Waals surface area contributed by atoms with Crippen molar-refractivity contribution in [2.75, 3.05) is 19.7 Å². The second-order valence-corrected chi connectivity index (χ2v) is 7.41. The molecular formula is C20H17IN2O5. The predicted molar refractivity (Wildman–Crippen MR) is 111 cm³/mol. The molecule has 2 aromatic rings. The van der Waals surface area contributed by atoms with Crippen LogP contribution in [0.15, 0.2) is 46.1 Å². The second-order valence-electron chi connectivity index (χ2n) is 6.03. The molecule has 0 bridgehead atoms. The molecular weight excluding hydrogens is 475 g/mol.